The number of carbonyl (C=O) groups is 1. The molecule has 36 heavy (non-hydrogen) atoms. The molecule has 190 valence electrons. The van der Waals surface area contributed by atoms with Crippen molar-refractivity contribution in [2.75, 3.05) is 41.9 Å². The molecule has 3 aromatic rings. The van der Waals surface area contributed by atoms with Crippen LogP contribution in [0.5, 0.6) is 0 Å². The minimum absolute atomic E-state index is 0.124. The van der Waals surface area contributed by atoms with Gasteiger partial charge in [0.25, 0.3) is 10.0 Å². The molecule has 0 aliphatic carbocycles. The summed E-state index contributed by atoms with van der Waals surface area (Å²) < 4.78 is 28.5. The zero-order chi connectivity index (χ0) is 26.0. The molecule has 1 aliphatic heterocycles. The van der Waals surface area contributed by atoms with Crippen molar-refractivity contribution in [3.05, 3.63) is 87.4 Å². The molecular formula is C27H29Cl2N3O3S. The van der Waals surface area contributed by atoms with Gasteiger partial charge < -0.3 is 9.80 Å². The summed E-state index contributed by atoms with van der Waals surface area (Å²) in [5.41, 5.74) is 4.29. The Bertz CT molecular complexity index is 1370. The highest BCUT2D eigenvalue weighted by Crippen LogP contribution is 2.29. The number of sulfonamides is 1. The monoisotopic (exact) mass is 545 g/mol. The molecule has 1 aliphatic rings. The molecular weight excluding hydrogens is 517 g/mol. The summed E-state index contributed by atoms with van der Waals surface area (Å²) in [5, 5.41) is 1.11. The highest BCUT2D eigenvalue weighted by molar-refractivity contribution is 7.92. The molecule has 1 fully saturated rings. The largest absolute Gasteiger partial charge is 0.368 e. The van der Waals surface area contributed by atoms with E-state index in [9.17, 15) is 13.2 Å². The molecule has 0 bridgehead atoms. The molecule has 0 radical (unpaired) electrons. The number of nitrogens with zero attached hydrogens (tertiary/aromatic N) is 3. The van der Waals surface area contributed by atoms with E-state index in [1.807, 2.05) is 39.0 Å². The summed E-state index contributed by atoms with van der Waals surface area (Å²) in [6, 6.07) is 17.4. The number of carbonyl (C=O) groups excluding carboxylic acids is 1. The van der Waals surface area contributed by atoms with Gasteiger partial charge >= 0.3 is 0 Å². The van der Waals surface area contributed by atoms with Gasteiger partial charge in [0.2, 0.25) is 5.91 Å². The first-order valence-corrected chi connectivity index (χ1v) is 13.9. The van der Waals surface area contributed by atoms with E-state index in [4.69, 9.17) is 23.2 Å². The van der Waals surface area contributed by atoms with Crippen LogP contribution in [0.1, 0.15) is 16.7 Å². The molecule has 9 heteroatoms. The fourth-order valence-corrected chi connectivity index (χ4v) is 5.98. The van der Waals surface area contributed by atoms with Gasteiger partial charge in [0.1, 0.15) is 6.54 Å². The van der Waals surface area contributed by atoms with Crippen molar-refractivity contribution in [2.45, 2.75) is 25.7 Å². The molecule has 0 unspecified atom stereocenters. The van der Waals surface area contributed by atoms with Crippen LogP contribution in [0.4, 0.5) is 11.4 Å². The number of hydrogen-bond donors (Lipinski definition) is 0. The van der Waals surface area contributed by atoms with Crippen LogP contribution >= 0.6 is 23.2 Å². The van der Waals surface area contributed by atoms with E-state index in [-0.39, 0.29) is 17.3 Å². The fraction of sp³-hybridized carbons (Fsp3) is 0.296. The Labute approximate surface area is 223 Å². The first-order valence-electron chi connectivity index (χ1n) is 11.7. The maximum absolute atomic E-state index is 13.7. The van der Waals surface area contributed by atoms with Gasteiger partial charge in [0.15, 0.2) is 0 Å². The van der Waals surface area contributed by atoms with Crippen molar-refractivity contribution in [3.63, 3.8) is 0 Å². The zero-order valence-electron chi connectivity index (χ0n) is 20.5. The Balaban J connectivity index is 1.56. The van der Waals surface area contributed by atoms with Gasteiger partial charge in [0, 0.05) is 41.9 Å². The average Bonchev–Trinajstić information content (AvgIpc) is 2.86. The second-order valence-corrected chi connectivity index (χ2v) is 11.8. The van der Waals surface area contributed by atoms with Gasteiger partial charge in [-0.25, -0.2) is 8.42 Å². The first-order chi connectivity index (χ1) is 17.1. The van der Waals surface area contributed by atoms with Crippen LogP contribution in [-0.2, 0) is 14.8 Å². The molecule has 0 atom stereocenters. The standard InChI is InChI=1S/C27H29Cl2N3O3S/c1-19-4-10-24(11-5-19)36(34,35)32(23-9-7-20(2)25(29)17-23)18-27(33)31-14-12-30(13-15-31)26-16-22(28)8-6-21(26)3/h4-11,16-17H,12-15,18H2,1-3H3. The summed E-state index contributed by atoms with van der Waals surface area (Å²) in [4.78, 5) is 17.4. The Kier molecular flexibility index (Phi) is 7.83. The second-order valence-electron chi connectivity index (χ2n) is 9.06. The number of benzene rings is 3. The van der Waals surface area contributed by atoms with E-state index in [0.717, 1.165) is 26.7 Å². The third kappa shape index (κ3) is 5.64. The normalized spacial score (nSPS) is 14.1. The highest BCUT2D eigenvalue weighted by atomic mass is 35.5. The topological polar surface area (TPSA) is 60.9 Å². The molecule has 1 saturated heterocycles. The summed E-state index contributed by atoms with van der Waals surface area (Å²) in [6.07, 6.45) is 0. The van der Waals surface area contributed by atoms with Crippen LogP contribution in [0.15, 0.2) is 65.6 Å². The molecule has 1 heterocycles. The zero-order valence-corrected chi connectivity index (χ0v) is 22.9. The summed E-state index contributed by atoms with van der Waals surface area (Å²) in [5.74, 6) is -0.259. The van der Waals surface area contributed by atoms with Crippen molar-refractivity contribution >= 4 is 50.5 Å². The molecule has 6 nitrogen and oxygen atoms in total. The van der Waals surface area contributed by atoms with Gasteiger partial charge in [-0.1, -0.05) is 53.0 Å². The number of anilines is 2. The minimum atomic E-state index is -4.00. The quantitative estimate of drug-likeness (QED) is 0.412. The van der Waals surface area contributed by atoms with Gasteiger partial charge in [-0.2, -0.15) is 0 Å². The molecule has 1 amide bonds. The van der Waals surface area contributed by atoms with Crippen LogP contribution < -0.4 is 9.21 Å². The predicted octanol–water partition coefficient (Wildman–Crippen LogP) is 5.46. The third-order valence-corrected chi connectivity index (χ3v) is 8.91. The van der Waals surface area contributed by atoms with Crippen LogP contribution in [0.3, 0.4) is 0 Å². The van der Waals surface area contributed by atoms with Gasteiger partial charge in [0.05, 0.1) is 10.6 Å². The van der Waals surface area contributed by atoms with Crippen molar-refractivity contribution in [2.24, 2.45) is 0 Å². The van der Waals surface area contributed by atoms with E-state index >= 15 is 0 Å². The number of rotatable bonds is 6. The SMILES string of the molecule is Cc1ccc(S(=O)(=O)N(CC(=O)N2CCN(c3cc(Cl)ccc3C)CC2)c2ccc(C)c(Cl)c2)cc1. The van der Waals surface area contributed by atoms with Crippen molar-refractivity contribution in [3.8, 4) is 0 Å². The number of hydrogen-bond acceptors (Lipinski definition) is 4. The lowest BCUT2D eigenvalue weighted by Gasteiger charge is -2.37. The van der Waals surface area contributed by atoms with Crippen LogP contribution in [0, 0.1) is 20.8 Å². The fourth-order valence-electron chi connectivity index (χ4n) is 4.23. The van der Waals surface area contributed by atoms with Crippen molar-refractivity contribution in [1.29, 1.82) is 0 Å². The average molecular weight is 547 g/mol. The third-order valence-electron chi connectivity index (χ3n) is 6.48. The molecule has 0 spiro atoms. The molecule has 0 N–H and O–H groups in total. The van der Waals surface area contributed by atoms with Gasteiger partial charge in [-0.3, -0.25) is 9.10 Å². The van der Waals surface area contributed by atoms with E-state index in [0.29, 0.717) is 41.9 Å². The lowest BCUT2D eigenvalue weighted by Crippen LogP contribution is -2.52. The summed E-state index contributed by atoms with van der Waals surface area (Å²) in [6.45, 7) is 7.69. The number of aryl methyl sites for hydroxylation is 3. The van der Waals surface area contributed by atoms with Crippen LogP contribution in [-0.4, -0.2) is 51.9 Å². The first kappa shape index (κ1) is 26.3. The van der Waals surface area contributed by atoms with Crippen LogP contribution in [0.25, 0.3) is 0 Å². The maximum Gasteiger partial charge on any atom is 0.264 e. The number of halogens is 2. The van der Waals surface area contributed by atoms with Gasteiger partial charge in [-0.15, -0.1) is 0 Å². The second kappa shape index (κ2) is 10.7. The minimum Gasteiger partial charge on any atom is -0.368 e. The number of piperazine rings is 1. The van der Waals surface area contributed by atoms with E-state index in [1.165, 1.54) is 0 Å². The van der Waals surface area contributed by atoms with E-state index in [2.05, 4.69) is 4.90 Å². The molecule has 4 rings (SSSR count). The maximum atomic E-state index is 13.7. The molecule has 0 saturated carbocycles. The van der Waals surface area contributed by atoms with Crippen molar-refractivity contribution < 1.29 is 13.2 Å². The van der Waals surface area contributed by atoms with Crippen LogP contribution in [0.2, 0.25) is 10.0 Å². The Hall–Kier alpha value is -2.74. The Morgan fingerprint density at radius 2 is 1.50 bits per heavy atom. The Morgan fingerprint density at radius 3 is 2.14 bits per heavy atom. The summed E-state index contributed by atoms with van der Waals surface area (Å²) >= 11 is 12.5. The van der Waals surface area contributed by atoms with Gasteiger partial charge in [-0.05, 0) is 68.3 Å². The lowest BCUT2D eigenvalue weighted by atomic mass is 10.1. The number of amides is 1. The van der Waals surface area contributed by atoms with Crippen molar-refractivity contribution in [1.82, 2.24) is 4.90 Å². The predicted molar refractivity (Wildman–Crippen MR) is 147 cm³/mol. The highest BCUT2D eigenvalue weighted by Gasteiger charge is 2.30. The Morgan fingerprint density at radius 1 is 0.861 bits per heavy atom. The lowest BCUT2D eigenvalue weighted by molar-refractivity contribution is -0.129. The smallest absolute Gasteiger partial charge is 0.264 e. The molecule has 0 aromatic heterocycles. The van der Waals surface area contributed by atoms with E-state index < -0.39 is 10.0 Å². The summed E-state index contributed by atoms with van der Waals surface area (Å²) in [7, 11) is -4.00. The molecule has 3 aromatic carbocycles. The van der Waals surface area contributed by atoms with E-state index in [1.54, 1.807) is 47.4 Å².